The lowest BCUT2D eigenvalue weighted by Gasteiger charge is -2.46. The largest absolute Gasteiger partial charge is 0.394 e. The minimum Gasteiger partial charge on any atom is -0.394 e. The zero-order valence-electron chi connectivity index (χ0n) is 24.6. The molecule has 3 fully saturated rings. The van der Waals surface area contributed by atoms with Crippen molar-refractivity contribution in [3.8, 4) is 0 Å². The first-order valence-electron chi connectivity index (χ1n) is 14.9. The summed E-state index contributed by atoms with van der Waals surface area (Å²) in [6, 6.07) is 0. The second-order valence-electron chi connectivity index (χ2n) is 11.3. The fourth-order valence-corrected chi connectivity index (χ4v) is 5.30. The molecule has 9 N–H and O–H groups in total. The first kappa shape index (κ1) is 36.8. The number of methoxy groups -OCH3 is 1. The van der Waals surface area contributed by atoms with E-state index in [2.05, 4.69) is 6.92 Å². The topological polar surface area (TPSA) is 247 Å². The van der Waals surface area contributed by atoms with Gasteiger partial charge in [0.25, 0.3) is 0 Å². The van der Waals surface area contributed by atoms with Gasteiger partial charge in [0.1, 0.15) is 73.2 Å². The van der Waals surface area contributed by atoms with Crippen LogP contribution in [-0.4, -0.2) is 172 Å². The van der Waals surface area contributed by atoms with Crippen molar-refractivity contribution in [2.75, 3.05) is 33.5 Å². The molecule has 0 saturated carbocycles. The number of aliphatic hydroxyl groups is 9. The predicted octanol–water partition coefficient (Wildman–Crippen LogP) is -3.53. The molecular weight excluding hydrogens is 580 g/mol. The second kappa shape index (κ2) is 17.9. The number of hydrogen-bond acceptors (Lipinski definition) is 16. The van der Waals surface area contributed by atoms with Crippen molar-refractivity contribution in [3.63, 3.8) is 0 Å². The van der Waals surface area contributed by atoms with Crippen LogP contribution in [0.5, 0.6) is 0 Å². The summed E-state index contributed by atoms with van der Waals surface area (Å²) >= 11 is 0. The van der Waals surface area contributed by atoms with Gasteiger partial charge < -0.3 is 79.1 Å². The zero-order valence-corrected chi connectivity index (χ0v) is 24.6. The van der Waals surface area contributed by atoms with E-state index in [1.165, 1.54) is 7.11 Å². The first-order valence-corrected chi connectivity index (χ1v) is 14.9. The Bertz CT molecular complexity index is 777. The molecule has 0 aromatic carbocycles. The molecule has 254 valence electrons. The van der Waals surface area contributed by atoms with Gasteiger partial charge in [-0.05, 0) is 6.42 Å². The molecule has 0 amide bonds. The van der Waals surface area contributed by atoms with Gasteiger partial charge in [-0.15, -0.1) is 0 Å². The van der Waals surface area contributed by atoms with Gasteiger partial charge in [-0.2, -0.15) is 0 Å². The highest BCUT2D eigenvalue weighted by Gasteiger charge is 2.52. The minimum absolute atomic E-state index is 0.150. The molecule has 16 heteroatoms. The van der Waals surface area contributed by atoms with E-state index >= 15 is 0 Å². The Morgan fingerprint density at radius 3 is 1.72 bits per heavy atom. The number of unbranched alkanes of at least 4 members (excludes halogenated alkanes) is 5. The van der Waals surface area contributed by atoms with Crippen LogP contribution >= 0.6 is 0 Å². The van der Waals surface area contributed by atoms with E-state index in [-0.39, 0.29) is 13.2 Å². The number of aliphatic hydroxyl groups excluding tert-OH is 9. The van der Waals surface area contributed by atoms with Crippen molar-refractivity contribution in [3.05, 3.63) is 0 Å². The molecule has 3 heterocycles. The van der Waals surface area contributed by atoms with Crippen molar-refractivity contribution in [1.29, 1.82) is 0 Å². The van der Waals surface area contributed by atoms with E-state index in [4.69, 9.17) is 33.2 Å². The van der Waals surface area contributed by atoms with E-state index in [1.54, 1.807) is 0 Å². The molecule has 16 nitrogen and oxygen atoms in total. The second-order valence-corrected chi connectivity index (χ2v) is 11.3. The zero-order chi connectivity index (χ0) is 31.7. The molecule has 0 aromatic heterocycles. The van der Waals surface area contributed by atoms with Crippen LogP contribution in [0.25, 0.3) is 0 Å². The lowest BCUT2D eigenvalue weighted by atomic mass is 9.96. The van der Waals surface area contributed by atoms with E-state index in [9.17, 15) is 46.0 Å². The molecule has 3 saturated heterocycles. The minimum atomic E-state index is -1.75. The van der Waals surface area contributed by atoms with Gasteiger partial charge in [-0.3, -0.25) is 0 Å². The van der Waals surface area contributed by atoms with Crippen LogP contribution < -0.4 is 0 Å². The first-order chi connectivity index (χ1) is 20.5. The molecule has 0 unspecified atom stereocenters. The van der Waals surface area contributed by atoms with Gasteiger partial charge in [0.2, 0.25) is 0 Å². The van der Waals surface area contributed by atoms with Crippen LogP contribution in [-0.2, 0) is 33.2 Å². The predicted molar refractivity (Wildman–Crippen MR) is 143 cm³/mol. The summed E-state index contributed by atoms with van der Waals surface area (Å²) in [4.78, 5) is 0. The van der Waals surface area contributed by atoms with Crippen molar-refractivity contribution >= 4 is 0 Å². The summed E-state index contributed by atoms with van der Waals surface area (Å²) in [6.07, 6.45) is -16.8. The maximum atomic E-state index is 11.1. The molecule has 0 aliphatic carbocycles. The third-order valence-electron chi connectivity index (χ3n) is 7.99. The summed E-state index contributed by atoms with van der Waals surface area (Å²) in [5.74, 6) is 0. The Labute approximate surface area is 250 Å². The molecule has 3 aliphatic heterocycles. The highest BCUT2D eigenvalue weighted by Crippen LogP contribution is 2.31. The monoisotopic (exact) mass is 630 g/mol. The van der Waals surface area contributed by atoms with E-state index < -0.39 is 105 Å². The van der Waals surface area contributed by atoms with Crippen LogP contribution in [0.1, 0.15) is 45.4 Å². The fourth-order valence-electron chi connectivity index (χ4n) is 5.30. The summed E-state index contributed by atoms with van der Waals surface area (Å²) < 4.78 is 38.8. The molecule has 0 radical (unpaired) electrons. The Hall–Kier alpha value is -0.640. The number of rotatable bonds is 16. The standard InChI is InChI=1S/C27H50O16/c1-3-4-5-6-7-8-9-38-26-23(36)24(43-27-22(35)20(33)17(30)14(42-27)11-37-2)18(31)15(41-26)12-39-25-21(34)19(32)16(29)13(10-28)40-25/h13-36H,3-12H2,1-2H3/t13-,14-,15-,16-,17-,18-,19+,20+,21+,22+,23+,24+,25+,26-,27-/m1/s1. The maximum Gasteiger partial charge on any atom is 0.187 e. The quantitative estimate of drug-likeness (QED) is 0.0750. The normalized spacial score (nSPS) is 44.0. The van der Waals surface area contributed by atoms with E-state index in [0.29, 0.717) is 6.42 Å². The SMILES string of the molecule is CCCCCCCCO[C@@H]1O[C@H](CO[C@H]2O[C@H](CO)[C@@H](O)[C@H](O)[C@@H]2O)[C@@H](O)[C@H](O[C@H]2O[C@H](COC)[C@@H](O)[C@H](O)[C@@H]2O)[C@@H]1O. The summed E-state index contributed by atoms with van der Waals surface area (Å²) in [5, 5.41) is 93.1. The molecule has 0 spiro atoms. The third-order valence-corrected chi connectivity index (χ3v) is 7.99. The van der Waals surface area contributed by atoms with Crippen molar-refractivity contribution in [2.24, 2.45) is 0 Å². The van der Waals surface area contributed by atoms with Gasteiger partial charge in [0.15, 0.2) is 18.9 Å². The molecule has 3 rings (SSSR count). The lowest BCUT2D eigenvalue weighted by molar-refractivity contribution is -0.366. The Kier molecular flexibility index (Phi) is 15.3. The van der Waals surface area contributed by atoms with Gasteiger partial charge >= 0.3 is 0 Å². The van der Waals surface area contributed by atoms with Crippen LogP contribution in [0.4, 0.5) is 0 Å². The average Bonchev–Trinajstić information content (AvgIpc) is 2.99. The summed E-state index contributed by atoms with van der Waals surface area (Å²) in [6.45, 7) is 1.02. The molecule has 3 aliphatic rings. The Morgan fingerprint density at radius 2 is 1.07 bits per heavy atom. The van der Waals surface area contributed by atoms with Gasteiger partial charge in [-0.1, -0.05) is 39.0 Å². The number of hydrogen-bond donors (Lipinski definition) is 9. The average molecular weight is 631 g/mol. The third kappa shape index (κ3) is 9.45. The molecular formula is C27H50O16. The van der Waals surface area contributed by atoms with Crippen LogP contribution in [0.3, 0.4) is 0 Å². The van der Waals surface area contributed by atoms with Gasteiger partial charge in [0.05, 0.1) is 19.8 Å². The summed E-state index contributed by atoms with van der Waals surface area (Å²) in [7, 11) is 1.35. The highest BCUT2D eigenvalue weighted by molar-refractivity contribution is 4.95. The van der Waals surface area contributed by atoms with Crippen molar-refractivity contribution in [2.45, 2.75) is 138 Å². The van der Waals surface area contributed by atoms with Gasteiger partial charge in [-0.25, -0.2) is 0 Å². The fraction of sp³-hybridized carbons (Fsp3) is 1.00. The van der Waals surface area contributed by atoms with E-state index in [1.807, 2.05) is 0 Å². The van der Waals surface area contributed by atoms with Crippen LogP contribution in [0.2, 0.25) is 0 Å². The van der Waals surface area contributed by atoms with Crippen LogP contribution in [0, 0.1) is 0 Å². The van der Waals surface area contributed by atoms with Crippen molar-refractivity contribution < 1.29 is 79.1 Å². The van der Waals surface area contributed by atoms with Crippen LogP contribution in [0.15, 0.2) is 0 Å². The Morgan fingerprint density at radius 1 is 0.535 bits per heavy atom. The van der Waals surface area contributed by atoms with E-state index in [0.717, 1.165) is 32.1 Å². The molecule has 43 heavy (non-hydrogen) atoms. The van der Waals surface area contributed by atoms with Crippen molar-refractivity contribution in [1.82, 2.24) is 0 Å². The lowest BCUT2D eigenvalue weighted by Crippen LogP contribution is -2.65. The molecule has 0 aromatic rings. The smallest absolute Gasteiger partial charge is 0.187 e. The number of ether oxygens (including phenoxy) is 7. The highest BCUT2D eigenvalue weighted by atomic mass is 16.7. The maximum absolute atomic E-state index is 11.1. The Balaban J connectivity index is 1.70. The summed E-state index contributed by atoms with van der Waals surface area (Å²) in [5.41, 5.74) is 0. The molecule has 0 bridgehead atoms. The molecule has 15 atom stereocenters. The van der Waals surface area contributed by atoms with Gasteiger partial charge in [0, 0.05) is 13.7 Å².